The Labute approximate surface area is 234 Å². The van der Waals surface area contributed by atoms with Gasteiger partial charge in [-0.2, -0.15) is 0 Å². The van der Waals surface area contributed by atoms with E-state index >= 15 is 0 Å². The molecule has 4 aliphatic rings. The van der Waals surface area contributed by atoms with Gasteiger partial charge in [0.15, 0.2) is 6.61 Å². The Bertz CT molecular complexity index is 1460. The summed E-state index contributed by atoms with van der Waals surface area (Å²) < 4.78 is 5.11. The second-order valence-electron chi connectivity index (χ2n) is 10.1. The topological polar surface area (TPSA) is 122 Å². The molecule has 1 fully saturated rings. The van der Waals surface area contributed by atoms with Crippen LogP contribution < -0.4 is 10.9 Å². The third-order valence-electron chi connectivity index (χ3n) is 7.98. The van der Waals surface area contributed by atoms with E-state index in [0.717, 1.165) is 27.2 Å². The van der Waals surface area contributed by atoms with E-state index in [-0.39, 0.29) is 17.4 Å². The SMILES string of the molecule is C[C@H](C(=O)OCC(=O)NNC(=O)c1ccc(Cl)cc1)N1C(=O)[C@H]2C3c4ccccc4C(c4ccccc43)[C@@H]2C1=O. The predicted molar refractivity (Wildman–Crippen MR) is 143 cm³/mol. The number of amides is 4. The molecule has 202 valence electrons. The molecule has 40 heavy (non-hydrogen) atoms. The zero-order valence-corrected chi connectivity index (χ0v) is 22.1. The highest BCUT2D eigenvalue weighted by molar-refractivity contribution is 6.30. The van der Waals surface area contributed by atoms with Crippen LogP contribution in [-0.4, -0.2) is 47.1 Å². The van der Waals surface area contributed by atoms with Gasteiger partial charge in [0.05, 0.1) is 11.8 Å². The highest BCUT2D eigenvalue weighted by atomic mass is 35.5. The maximum absolute atomic E-state index is 13.7. The molecular formula is C30H24ClN3O6. The maximum Gasteiger partial charge on any atom is 0.329 e. The number of hydrogen-bond donors (Lipinski definition) is 2. The maximum atomic E-state index is 13.7. The number of esters is 1. The van der Waals surface area contributed by atoms with Gasteiger partial charge < -0.3 is 4.74 Å². The summed E-state index contributed by atoms with van der Waals surface area (Å²) in [6.45, 7) is 0.702. The zero-order chi connectivity index (χ0) is 28.1. The Morgan fingerprint density at radius 1 is 0.800 bits per heavy atom. The van der Waals surface area contributed by atoms with Gasteiger partial charge in [0.1, 0.15) is 6.04 Å². The van der Waals surface area contributed by atoms with Crippen molar-refractivity contribution in [1.29, 1.82) is 0 Å². The number of halogens is 1. The quantitative estimate of drug-likeness (QED) is 0.283. The molecule has 0 aromatic heterocycles. The summed E-state index contributed by atoms with van der Waals surface area (Å²) in [4.78, 5) is 65.7. The van der Waals surface area contributed by atoms with Crippen LogP contribution in [0.1, 0.15) is 51.4 Å². The number of likely N-dealkylation sites (tertiary alicyclic amines) is 1. The standard InChI is InChI=1S/C30H24ClN3O6/c1-15(30(39)40-14-22(35)32-33-27(36)16-10-12-17(31)13-11-16)34-28(37)25-23-18-6-2-3-7-19(18)24(26(25)29(34)38)21-9-5-4-8-20(21)23/h2-13,15,23-26H,14H2,1H3,(H,32,35)(H,33,36)/t15-,23?,24?,25+,26+/m1/s1. The fourth-order valence-electron chi connectivity index (χ4n) is 6.28. The molecule has 10 heteroatoms. The molecule has 0 unspecified atom stereocenters. The summed E-state index contributed by atoms with van der Waals surface area (Å²) in [6.07, 6.45) is 0. The molecule has 3 aromatic carbocycles. The molecular weight excluding hydrogens is 534 g/mol. The number of imide groups is 1. The van der Waals surface area contributed by atoms with E-state index in [1.807, 2.05) is 48.5 Å². The number of ether oxygens (including phenoxy) is 1. The van der Waals surface area contributed by atoms with Gasteiger partial charge in [0, 0.05) is 22.4 Å². The van der Waals surface area contributed by atoms with Crippen LogP contribution in [0.4, 0.5) is 0 Å². The first kappa shape index (κ1) is 25.8. The Hall–Kier alpha value is -4.50. The summed E-state index contributed by atoms with van der Waals surface area (Å²) in [5.74, 6) is -4.94. The molecule has 3 atom stereocenters. The smallest absolute Gasteiger partial charge is 0.329 e. The number of nitrogens with zero attached hydrogens (tertiary/aromatic N) is 1. The van der Waals surface area contributed by atoms with Crippen LogP contribution in [0.2, 0.25) is 5.02 Å². The van der Waals surface area contributed by atoms with E-state index in [0.29, 0.717) is 5.02 Å². The lowest BCUT2D eigenvalue weighted by Gasteiger charge is -2.45. The molecule has 0 radical (unpaired) electrons. The normalized spacial score (nSPS) is 22.6. The van der Waals surface area contributed by atoms with Crippen LogP contribution in [0.25, 0.3) is 0 Å². The van der Waals surface area contributed by atoms with E-state index in [2.05, 4.69) is 10.9 Å². The minimum absolute atomic E-state index is 0.265. The van der Waals surface area contributed by atoms with Crippen molar-refractivity contribution in [2.75, 3.05) is 6.61 Å². The van der Waals surface area contributed by atoms with E-state index in [1.165, 1.54) is 31.2 Å². The summed E-state index contributed by atoms with van der Waals surface area (Å²) in [5.41, 5.74) is 8.77. The Morgan fingerprint density at radius 2 is 1.27 bits per heavy atom. The van der Waals surface area contributed by atoms with Crippen molar-refractivity contribution >= 4 is 41.2 Å². The number of carbonyl (C=O) groups is 5. The summed E-state index contributed by atoms with van der Waals surface area (Å²) >= 11 is 5.81. The molecule has 1 aliphatic heterocycles. The summed E-state index contributed by atoms with van der Waals surface area (Å²) in [6, 6.07) is 20.5. The first-order valence-electron chi connectivity index (χ1n) is 12.8. The number of benzene rings is 3. The van der Waals surface area contributed by atoms with E-state index in [9.17, 15) is 24.0 Å². The molecule has 0 saturated carbocycles. The van der Waals surface area contributed by atoms with Crippen molar-refractivity contribution in [3.05, 3.63) is 106 Å². The molecule has 1 heterocycles. The molecule has 1 saturated heterocycles. The van der Waals surface area contributed by atoms with Crippen molar-refractivity contribution in [2.24, 2.45) is 11.8 Å². The van der Waals surface area contributed by atoms with Crippen molar-refractivity contribution in [1.82, 2.24) is 15.8 Å². The average molecular weight is 558 g/mol. The van der Waals surface area contributed by atoms with Gasteiger partial charge in [-0.05, 0) is 53.4 Å². The average Bonchev–Trinajstić information content (AvgIpc) is 3.24. The Balaban J connectivity index is 1.13. The number of nitrogens with one attached hydrogen (secondary N) is 2. The number of rotatable bonds is 5. The van der Waals surface area contributed by atoms with Gasteiger partial charge in [-0.15, -0.1) is 0 Å². The predicted octanol–water partition coefficient (Wildman–Crippen LogP) is 2.92. The molecule has 7 rings (SSSR count). The van der Waals surface area contributed by atoms with Crippen LogP contribution in [0.15, 0.2) is 72.8 Å². The first-order valence-corrected chi connectivity index (χ1v) is 13.2. The first-order chi connectivity index (χ1) is 19.3. The third kappa shape index (κ3) is 4.05. The zero-order valence-electron chi connectivity index (χ0n) is 21.3. The second-order valence-corrected chi connectivity index (χ2v) is 10.5. The molecule has 3 aliphatic carbocycles. The molecule has 4 amide bonds. The number of hydrogen-bond acceptors (Lipinski definition) is 6. The highest BCUT2D eigenvalue weighted by Crippen LogP contribution is 2.61. The van der Waals surface area contributed by atoms with Gasteiger partial charge >= 0.3 is 5.97 Å². The number of hydrazine groups is 1. The summed E-state index contributed by atoms with van der Waals surface area (Å²) in [7, 11) is 0. The van der Waals surface area contributed by atoms with Crippen molar-refractivity contribution in [3.8, 4) is 0 Å². The van der Waals surface area contributed by atoms with Crippen molar-refractivity contribution in [2.45, 2.75) is 24.8 Å². The largest absolute Gasteiger partial charge is 0.454 e. The van der Waals surface area contributed by atoms with Crippen molar-refractivity contribution in [3.63, 3.8) is 0 Å². The monoisotopic (exact) mass is 557 g/mol. The molecule has 2 N–H and O–H groups in total. The lowest BCUT2D eigenvalue weighted by Crippen LogP contribution is -2.47. The highest BCUT2D eigenvalue weighted by Gasteiger charge is 2.62. The Morgan fingerprint density at radius 3 is 1.75 bits per heavy atom. The second kappa shape index (κ2) is 9.91. The number of carbonyl (C=O) groups excluding carboxylic acids is 5. The minimum Gasteiger partial charge on any atom is -0.454 e. The summed E-state index contributed by atoms with van der Waals surface area (Å²) in [5, 5.41) is 0.456. The van der Waals surface area contributed by atoms with Gasteiger partial charge in [0.25, 0.3) is 11.8 Å². The minimum atomic E-state index is -1.23. The van der Waals surface area contributed by atoms with Crippen LogP contribution in [0.5, 0.6) is 0 Å². The van der Waals surface area contributed by atoms with Crippen molar-refractivity contribution < 1.29 is 28.7 Å². The molecule has 9 nitrogen and oxygen atoms in total. The van der Waals surface area contributed by atoms with Crippen LogP contribution >= 0.6 is 11.6 Å². The third-order valence-corrected chi connectivity index (χ3v) is 8.23. The molecule has 3 aromatic rings. The van der Waals surface area contributed by atoms with Gasteiger partial charge in [0.2, 0.25) is 11.8 Å². The fourth-order valence-corrected chi connectivity index (χ4v) is 6.41. The Kier molecular flexibility index (Phi) is 6.38. The lowest BCUT2D eigenvalue weighted by atomic mass is 9.55. The van der Waals surface area contributed by atoms with Gasteiger partial charge in [-0.1, -0.05) is 60.1 Å². The van der Waals surface area contributed by atoms with E-state index in [4.69, 9.17) is 16.3 Å². The molecule has 0 spiro atoms. The van der Waals surface area contributed by atoms with Gasteiger partial charge in [-0.3, -0.25) is 34.9 Å². The van der Waals surface area contributed by atoms with E-state index < -0.39 is 54.1 Å². The van der Waals surface area contributed by atoms with E-state index in [1.54, 1.807) is 0 Å². The molecule has 2 bridgehead atoms. The fraction of sp³-hybridized carbons (Fsp3) is 0.233. The lowest BCUT2D eigenvalue weighted by molar-refractivity contribution is -0.159. The van der Waals surface area contributed by atoms with Crippen LogP contribution in [0.3, 0.4) is 0 Å². The van der Waals surface area contributed by atoms with Crippen LogP contribution in [0, 0.1) is 11.8 Å². The van der Waals surface area contributed by atoms with Gasteiger partial charge in [-0.25, -0.2) is 4.79 Å². The van der Waals surface area contributed by atoms with Crippen LogP contribution in [-0.2, 0) is 23.9 Å².